The molecule has 6 fully saturated rings. The van der Waals surface area contributed by atoms with Crippen molar-refractivity contribution < 1.29 is 24.9 Å². The molecule has 7 heteroatoms. The predicted octanol–water partition coefficient (Wildman–Crippen LogP) is 13.0. The van der Waals surface area contributed by atoms with Gasteiger partial charge in [-0.2, -0.15) is 0 Å². The summed E-state index contributed by atoms with van der Waals surface area (Å²) in [5.74, 6) is 4.35. The Morgan fingerprint density at radius 3 is 1.97 bits per heavy atom. The van der Waals surface area contributed by atoms with Gasteiger partial charge in [-0.05, 0) is 193 Å². The third kappa shape index (κ3) is 9.16. The number of nitrogens with zero attached hydrogens (tertiary/aromatic N) is 1. The fourth-order valence-corrected chi connectivity index (χ4v) is 15.8. The molecule has 6 aliphatic carbocycles. The van der Waals surface area contributed by atoms with Gasteiger partial charge in [0.25, 0.3) is 0 Å². The zero-order valence-electron chi connectivity index (χ0n) is 41.4. The molecule has 0 amide bonds. The number of carbonyl (C=O) groups excluding carboxylic acids is 1. The van der Waals surface area contributed by atoms with Gasteiger partial charge in [0.05, 0.1) is 12.7 Å². The van der Waals surface area contributed by atoms with E-state index in [1.54, 1.807) is 0 Å². The van der Waals surface area contributed by atoms with Crippen LogP contribution in [-0.2, 0) is 16.1 Å². The number of hydrogen-bond acceptors (Lipinski definition) is 5. The molecule has 14 atom stereocenters. The number of para-hydroxylation sites is 2. The minimum atomic E-state index is -0.253. The minimum absolute atomic E-state index is 0.0901. The second kappa shape index (κ2) is 19.8. The SMILES string of the molecule is C=C1CC[C@H]2[C@H](CO)[C@@H]([C@@]3(C)CC[C@H](C)C[C@@H]3COC(C)=O)CC[C@]12C.C=C1CC[C@H]2[C@H](Cn3ccc4ccccc43)[C@@H]([C@@]3(C)CC[C@H](O)C[C@@H]3CO)CC[C@]12C.c1ccc2[nH]ccc2c1. The van der Waals surface area contributed by atoms with Crippen LogP contribution in [0.25, 0.3) is 21.8 Å². The first kappa shape index (κ1) is 48.8. The highest BCUT2D eigenvalue weighted by Gasteiger charge is 2.58. The van der Waals surface area contributed by atoms with E-state index in [0.717, 1.165) is 45.1 Å². The van der Waals surface area contributed by atoms with Gasteiger partial charge in [-0.25, -0.2) is 0 Å². The highest BCUT2D eigenvalue weighted by atomic mass is 16.5. The molecule has 0 spiro atoms. The fourth-order valence-electron chi connectivity index (χ4n) is 15.8. The molecule has 4 aromatic rings. The number of aromatic nitrogens is 2. The van der Waals surface area contributed by atoms with Crippen LogP contribution in [0.4, 0.5) is 0 Å². The summed E-state index contributed by atoms with van der Waals surface area (Å²) in [4.78, 5) is 14.6. The molecule has 2 heterocycles. The fraction of sp³-hybridized carbons (Fsp3) is 0.644. The summed E-state index contributed by atoms with van der Waals surface area (Å²) < 4.78 is 7.97. The smallest absolute Gasteiger partial charge is 0.302 e. The zero-order valence-corrected chi connectivity index (χ0v) is 41.4. The average molecular weight is 901 g/mol. The Bertz CT molecular complexity index is 2280. The Morgan fingerprint density at radius 1 is 0.712 bits per heavy atom. The molecule has 6 aliphatic rings. The van der Waals surface area contributed by atoms with Crippen LogP contribution in [0.5, 0.6) is 0 Å². The van der Waals surface area contributed by atoms with Crippen LogP contribution in [0.2, 0.25) is 0 Å². The van der Waals surface area contributed by atoms with Crippen molar-refractivity contribution in [3.63, 3.8) is 0 Å². The van der Waals surface area contributed by atoms with Gasteiger partial charge in [0.1, 0.15) is 0 Å². The van der Waals surface area contributed by atoms with E-state index in [-0.39, 0.29) is 52.9 Å². The monoisotopic (exact) mass is 901 g/mol. The number of rotatable bonds is 8. The third-order valence-corrected chi connectivity index (χ3v) is 20.2. The van der Waals surface area contributed by atoms with E-state index >= 15 is 0 Å². The molecule has 0 saturated heterocycles. The van der Waals surface area contributed by atoms with Gasteiger partial charge in [0.2, 0.25) is 0 Å². The number of esters is 1. The summed E-state index contributed by atoms with van der Waals surface area (Å²) in [6.45, 7) is 24.5. The van der Waals surface area contributed by atoms with Gasteiger partial charge in [-0.15, -0.1) is 0 Å². The number of ether oxygens (including phenoxy) is 1. The number of carbonyl (C=O) groups is 1. The number of allylic oxidation sites excluding steroid dienone is 2. The van der Waals surface area contributed by atoms with Gasteiger partial charge in [-0.3, -0.25) is 4.79 Å². The first-order valence-electron chi connectivity index (χ1n) is 26.0. The number of nitrogens with one attached hydrogen (secondary N) is 1. The predicted molar refractivity (Wildman–Crippen MR) is 269 cm³/mol. The molecule has 0 aliphatic heterocycles. The van der Waals surface area contributed by atoms with E-state index in [1.165, 1.54) is 91.2 Å². The maximum atomic E-state index is 11.4. The normalized spacial score (nSPS) is 38.7. The second-order valence-electron chi connectivity index (χ2n) is 23.4. The summed E-state index contributed by atoms with van der Waals surface area (Å²) in [7, 11) is 0. The zero-order chi connectivity index (χ0) is 47.0. The molecule has 6 saturated carbocycles. The van der Waals surface area contributed by atoms with Crippen LogP contribution in [0.15, 0.2) is 97.4 Å². The van der Waals surface area contributed by atoms with Gasteiger partial charge < -0.3 is 29.6 Å². The van der Waals surface area contributed by atoms with E-state index in [0.29, 0.717) is 54.0 Å². The van der Waals surface area contributed by atoms with E-state index in [1.807, 2.05) is 18.3 Å². The summed E-state index contributed by atoms with van der Waals surface area (Å²) in [5.41, 5.74) is 6.11. The standard InChI is InChI=1S/C28H39NO2.C23H38O3.C8H7N/c1-19-8-9-24-23(17-29-15-12-20-6-4-5-7-26(20)29)25(11-14-27(19,24)2)28(3)13-10-22(31)16-21(28)18-30;1-15-8-10-23(5,18(12-15)14-26-17(3)25)21-9-11-22(4)16(2)6-7-20(22)19(21)13-24;1-2-4-8-7(3-1)5-6-9-8/h4-7,12,15,21-25,30-31H,1,8-11,13-14,16-18H2,2-3H3;15,18-21,24H,2,6-14H2,1,3-5H3;1-6,9H/t21-,22+,23+,24+,25+,27-,28+;15-,18+,19-,20-,21-,22+,23-;/m10./s1. The number of aromatic amines is 1. The van der Waals surface area contributed by atoms with Crippen LogP contribution in [0.3, 0.4) is 0 Å². The molecule has 7 nitrogen and oxygen atoms in total. The van der Waals surface area contributed by atoms with Gasteiger partial charge in [-0.1, -0.05) is 102 Å². The van der Waals surface area contributed by atoms with Crippen molar-refractivity contribution in [3.8, 4) is 0 Å². The highest BCUT2D eigenvalue weighted by molar-refractivity contribution is 5.80. The molecular weight excluding hydrogens is 817 g/mol. The van der Waals surface area contributed by atoms with Crippen LogP contribution in [-0.4, -0.2) is 56.8 Å². The van der Waals surface area contributed by atoms with Crippen LogP contribution < -0.4 is 0 Å². The van der Waals surface area contributed by atoms with Crippen LogP contribution in [0.1, 0.15) is 131 Å². The van der Waals surface area contributed by atoms with Crippen LogP contribution >= 0.6 is 0 Å². The van der Waals surface area contributed by atoms with Crippen molar-refractivity contribution in [2.75, 3.05) is 19.8 Å². The van der Waals surface area contributed by atoms with Crippen molar-refractivity contribution in [1.82, 2.24) is 9.55 Å². The largest absolute Gasteiger partial charge is 0.466 e. The van der Waals surface area contributed by atoms with E-state index in [4.69, 9.17) is 4.74 Å². The molecule has 10 rings (SSSR count). The molecule has 2 aromatic heterocycles. The summed E-state index contributed by atoms with van der Waals surface area (Å²) in [6, 6.07) is 21.2. The number of hydrogen-bond donors (Lipinski definition) is 4. The van der Waals surface area contributed by atoms with E-state index in [9.17, 15) is 20.1 Å². The summed E-state index contributed by atoms with van der Waals surface area (Å²) in [6.07, 6.45) is 19.7. The Balaban J connectivity index is 0.000000152. The van der Waals surface area contributed by atoms with Crippen molar-refractivity contribution in [2.45, 2.75) is 144 Å². The van der Waals surface area contributed by atoms with Crippen LogP contribution in [0, 0.1) is 74.9 Å². The lowest BCUT2D eigenvalue weighted by atomic mass is 9.49. The maximum absolute atomic E-state index is 11.4. The third-order valence-electron chi connectivity index (χ3n) is 20.2. The lowest BCUT2D eigenvalue weighted by Crippen LogP contribution is -2.52. The Hall–Kier alpha value is -3.65. The second-order valence-corrected chi connectivity index (χ2v) is 23.4. The minimum Gasteiger partial charge on any atom is -0.466 e. The van der Waals surface area contributed by atoms with Gasteiger partial charge >= 0.3 is 5.97 Å². The summed E-state index contributed by atoms with van der Waals surface area (Å²) >= 11 is 0. The van der Waals surface area contributed by atoms with Gasteiger partial charge in [0.15, 0.2) is 0 Å². The summed E-state index contributed by atoms with van der Waals surface area (Å²) in [5, 5.41) is 33.6. The number of aliphatic hydroxyl groups excluding tert-OH is 3. The maximum Gasteiger partial charge on any atom is 0.302 e. The molecule has 66 heavy (non-hydrogen) atoms. The number of aliphatic hydroxyl groups is 3. The Kier molecular flexibility index (Phi) is 14.6. The molecule has 360 valence electrons. The quantitative estimate of drug-likeness (QED) is 0.104. The van der Waals surface area contributed by atoms with Crippen molar-refractivity contribution in [2.24, 2.45) is 74.9 Å². The number of benzene rings is 2. The molecule has 4 N–H and O–H groups in total. The lowest BCUT2D eigenvalue weighted by Gasteiger charge is -2.56. The lowest BCUT2D eigenvalue weighted by molar-refractivity contribution is -0.148. The molecule has 0 radical (unpaired) electrons. The molecule has 0 bridgehead atoms. The first-order chi connectivity index (χ1) is 31.5. The Labute approximate surface area is 396 Å². The average Bonchev–Trinajstić information content (AvgIpc) is 4.10. The number of H-pyrrole nitrogens is 1. The molecular formula is C59H84N2O5. The molecule has 2 aromatic carbocycles. The number of fused-ring (bicyclic) bond motifs is 4. The molecule has 0 unspecified atom stereocenters. The Morgan fingerprint density at radius 2 is 1.32 bits per heavy atom. The highest BCUT2D eigenvalue weighted by Crippen LogP contribution is 2.65. The van der Waals surface area contributed by atoms with Crippen molar-refractivity contribution >= 4 is 27.8 Å². The van der Waals surface area contributed by atoms with E-state index < -0.39 is 0 Å². The van der Waals surface area contributed by atoms with Crippen molar-refractivity contribution in [3.05, 3.63) is 97.4 Å². The van der Waals surface area contributed by atoms with E-state index in [2.05, 4.69) is 112 Å². The van der Waals surface area contributed by atoms with Crippen molar-refractivity contribution in [1.29, 1.82) is 0 Å². The topological polar surface area (TPSA) is 108 Å². The first-order valence-corrected chi connectivity index (χ1v) is 26.0. The van der Waals surface area contributed by atoms with Gasteiger partial charge in [0, 0.05) is 50.1 Å².